The maximum Gasteiger partial charge on any atom is 0.0324 e. The zero-order valence-electron chi connectivity index (χ0n) is 10.6. The lowest BCUT2D eigenvalue weighted by molar-refractivity contribution is 0.337. The van der Waals surface area contributed by atoms with Crippen molar-refractivity contribution >= 4 is 0 Å². The molecule has 2 unspecified atom stereocenters. The first-order chi connectivity index (χ1) is 8.34. The van der Waals surface area contributed by atoms with Gasteiger partial charge in [-0.15, -0.1) is 0 Å². The second kappa shape index (κ2) is 4.56. The Labute approximate surface area is 104 Å². The van der Waals surface area contributed by atoms with E-state index in [-0.39, 0.29) is 0 Å². The van der Waals surface area contributed by atoms with Crippen LogP contribution in [0.5, 0.6) is 0 Å². The van der Waals surface area contributed by atoms with E-state index in [1.165, 1.54) is 36.9 Å². The normalized spacial score (nSPS) is 27.8. The van der Waals surface area contributed by atoms with Gasteiger partial charge in [-0.25, -0.2) is 0 Å². The van der Waals surface area contributed by atoms with Crippen molar-refractivity contribution in [1.82, 2.24) is 5.32 Å². The highest BCUT2D eigenvalue weighted by Crippen LogP contribution is 2.37. The van der Waals surface area contributed by atoms with Gasteiger partial charge in [-0.2, -0.15) is 0 Å². The summed E-state index contributed by atoms with van der Waals surface area (Å²) in [6, 6.07) is 11.6. The fraction of sp³-hybridized carbons (Fsp3) is 0.500. The fourth-order valence-electron chi connectivity index (χ4n) is 3.45. The molecule has 1 aliphatic heterocycles. The molecule has 1 aromatic rings. The molecule has 17 heavy (non-hydrogen) atoms. The van der Waals surface area contributed by atoms with E-state index in [9.17, 15) is 0 Å². The van der Waals surface area contributed by atoms with Crippen molar-refractivity contribution in [2.75, 3.05) is 0 Å². The van der Waals surface area contributed by atoms with Crippen molar-refractivity contribution < 1.29 is 0 Å². The van der Waals surface area contributed by atoms with Gasteiger partial charge in [0.25, 0.3) is 0 Å². The molecule has 0 radical (unpaired) electrons. The van der Waals surface area contributed by atoms with Gasteiger partial charge in [-0.1, -0.05) is 43.2 Å². The Kier molecular flexibility index (Phi) is 2.92. The van der Waals surface area contributed by atoms with Crippen LogP contribution >= 0.6 is 0 Å². The van der Waals surface area contributed by atoms with Gasteiger partial charge in [0.2, 0.25) is 0 Å². The third-order valence-corrected chi connectivity index (χ3v) is 4.33. The molecule has 1 heteroatoms. The second-order valence-corrected chi connectivity index (χ2v) is 5.45. The predicted octanol–water partition coefficient (Wildman–Crippen LogP) is 3.67. The van der Waals surface area contributed by atoms with Gasteiger partial charge in [0.1, 0.15) is 0 Å². The molecule has 1 N–H and O–H groups in total. The van der Waals surface area contributed by atoms with Crippen LogP contribution in [0, 0.1) is 5.92 Å². The third-order valence-electron chi connectivity index (χ3n) is 4.33. The van der Waals surface area contributed by atoms with Crippen LogP contribution in [0.15, 0.2) is 41.6 Å². The van der Waals surface area contributed by atoms with Crippen LogP contribution in [0.3, 0.4) is 0 Å². The summed E-state index contributed by atoms with van der Waals surface area (Å²) in [6.45, 7) is 2.26. The topological polar surface area (TPSA) is 12.0 Å². The second-order valence-electron chi connectivity index (χ2n) is 5.45. The van der Waals surface area contributed by atoms with Crippen molar-refractivity contribution in [3.63, 3.8) is 0 Å². The molecular formula is C16H21N. The molecule has 0 bridgehead atoms. The Bertz CT molecular complexity index is 418. The predicted molar refractivity (Wildman–Crippen MR) is 71.7 cm³/mol. The molecule has 2 aliphatic rings. The lowest BCUT2D eigenvalue weighted by Gasteiger charge is -2.27. The summed E-state index contributed by atoms with van der Waals surface area (Å²) in [5.74, 6) is 0.809. The first-order valence-corrected chi connectivity index (χ1v) is 6.84. The number of rotatable bonds is 2. The molecule has 0 amide bonds. The standard InChI is InChI=1S/C16H21N/c1-12-15(11-13-7-3-2-4-8-13)14-9-5-6-10-16(14)17-12/h2-4,7-8,14,16-17H,5-6,9-11H2,1H3. The summed E-state index contributed by atoms with van der Waals surface area (Å²) < 4.78 is 0. The molecule has 1 aromatic carbocycles. The Morgan fingerprint density at radius 2 is 1.88 bits per heavy atom. The minimum absolute atomic E-state index is 0.738. The van der Waals surface area contributed by atoms with Crippen molar-refractivity contribution in [2.24, 2.45) is 5.92 Å². The summed E-state index contributed by atoms with van der Waals surface area (Å²) in [7, 11) is 0. The number of nitrogens with one attached hydrogen (secondary N) is 1. The van der Waals surface area contributed by atoms with E-state index in [0.29, 0.717) is 0 Å². The van der Waals surface area contributed by atoms with E-state index < -0.39 is 0 Å². The van der Waals surface area contributed by atoms with Crippen LogP contribution in [0.25, 0.3) is 0 Å². The molecular weight excluding hydrogens is 206 g/mol. The fourth-order valence-corrected chi connectivity index (χ4v) is 3.45. The Hall–Kier alpha value is -1.24. The molecule has 1 heterocycles. The first kappa shape index (κ1) is 10.9. The Balaban J connectivity index is 1.80. The number of benzene rings is 1. The van der Waals surface area contributed by atoms with E-state index >= 15 is 0 Å². The number of hydrogen-bond acceptors (Lipinski definition) is 1. The average molecular weight is 227 g/mol. The number of fused-ring (bicyclic) bond motifs is 1. The summed E-state index contributed by atoms with van der Waals surface area (Å²) in [6.07, 6.45) is 6.70. The van der Waals surface area contributed by atoms with Crippen LogP contribution < -0.4 is 5.32 Å². The molecule has 90 valence electrons. The quantitative estimate of drug-likeness (QED) is 0.813. The Morgan fingerprint density at radius 3 is 2.71 bits per heavy atom. The van der Waals surface area contributed by atoms with Crippen LogP contribution in [0.2, 0.25) is 0 Å². The third kappa shape index (κ3) is 2.11. The molecule has 0 aromatic heterocycles. The minimum atomic E-state index is 0.738. The Morgan fingerprint density at radius 1 is 1.12 bits per heavy atom. The monoisotopic (exact) mass is 227 g/mol. The highest BCUT2D eigenvalue weighted by Gasteiger charge is 2.33. The highest BCUT2D eigenvalue weighted by molar-refractivity contribution is 5.30. The van der Waals surface area contributed by atoms with Gasteiger partial charge in [0, 0.05) is 17.7 Å². The zero-order valence-corrected chi connectivity index (χ0v) is 10.6. The molecule has 0 saturated heterocycles. The van der Waals surface area contributed by atoms with Gasteiger partial charge in [0.05, 0.1) is 0 Å². The van der Waals surface area contributed by atoms with Gasteiger partial charge >= 0.3 is 0 Å². The molecule has 1 aliphatic carbocycles. The summed E-state index contributed by atoms with van der Waals surface area (Å²) in [4.78, 5) is 0. The van der Waals surface area contributed by atoms with Gasteiger partial charge in [-0.3, -0.25) is 0 Å². The van der Waals surface area contributed by atoms with E-state index in [0.717, 1.165) is 18.4 Å². The molecule has 1 saturated carbocycles. The van der Waals surface area contributed by atoms with Crippen LogP contribution in [-0.2, 0) is 6.42 Å². The van der Waals surface area contributed by atoms with Gasteiger partial charge in [-0.05, 0) is 37.3 Å². The number of allylic oxidation sites excluding steroid dienone is 1. The molecule has 1 nitrogen and oxygen atoms in total. The maximum absolute atomic E-state index is 3.71. The number of hydrogen-bond donors (Lipinski definition) is 1. The minimum Gasteiger partial charge on any atom is -0.385 e. The van der Waals surface area contributed by atoms with Crippen molar-refractivity contribution in [1.29, 1.82) is 0 Å². The van der Waals surface area contributed by atoms with Gasteiger partial charge in [0.15, 0.2) is 0 Å². The average Bonchev–Trinajstić information content (AvgIpc) is 2.68. The van der Waals surface area contributed by atoms with Gasteiger partial charge < -0.3 is 5.32 Å². The van der Waals surface area contributed by atoms with Crippen molar-refractivity contribution in [3.05, 3.63) is 47.2 Å². The van der Waals surface area contributed by atoms with Crippen LogP contribution in [0.4, 0.5) is 0 Å². The van der Waals surface area contributed by atoms with E-state index in [1.54, 1.807) is 5.57 Å². The van der Waals surface area contributed by atoms with E-state index in [4.69, 9.17) is 0 Å². The maximum atomic E-state index is 3.71. The van der Waals surface area contributed by atoms with Crippen LogP contribution in [0.1, 0.15) is 38.2 Å². The lowest BCUT2D eigenvalue weighted by atomic mass is 9.80. The summed E-state index contributed by atoms with van der Waals surface area (Å²) in [5.41, 5.74) is 4.57. The smallest absolute Gasteiger partial charge is 0.0324 e. The summed E-state index contributed by atoms with van der Waals surface area (Å²) >= 11 is 0. The van der Waals surface area contributed by atoms with E-state index in [2.05, 4.69) is 42.6 Å². The largest absolute Gasteiger partial charge is 0.385 e. The van der Waals surface area contributed by atoms with Crippen molar-refractivity contribution in [3.8, 4) is 0 Å². The molecule has 1 fully saturated rings. The molecule has 2 atom stereocenters. The SMILES string of the molecule is CC1=C(Cc2ccccc2)C2CCCCC2N1. The lowest BCUT2D eigenvalue weighted by Crippen LogP contribution is -2.31. The highest BCUT2D eigenvalue weighted by atomic mass is 15.0. The first-order valence-electron chi connectivity index (χ1n) is 6.84. The van der Waals surface area contributed by atoms with Crippen molar-refractivity contribution in [2.45, 2.75) is 45.1 Å². The molecule has 3 rings (SSSR count). The van der Waals surface area contributed by atoms with E-state index in [1.807, 2.05) is 0 Å². The zero-order chi connectivity index (χ0) is 11.7. The summed E-state index contributed by atoms with van der Waals surface area (Å²) in [5, 5.41) is 3.71. The molecule has 0 spiro atoms. The van der Waals surface area contributed by atoms with Crippen LogP contribution in [-0.4, -0.2) is 6.04 Å².